The molecular weight excluding hydrogens is 444 g/mol. The third kappa shape index (κ3) is 3.34. The van der Waals surface area contributed by atoms with Gasteiger partial charge in [0, 0.05) is 15.6 Å². The fourth-order valence-corrected chi connectivity index (χ4v) is 4.21. The second-order valence-corrected chi connectivity index (χ2v) is 7.56. The van der Waals surface area contributed by atoms with Crippen molar-refractivity contribution in [2.45, 2.75) is 6.92 Å². The molecule has 0 atom stereocenters. The first-order chi connectivity index (χ1) is 9.99. The van der Waals surface area contributed by atoms with E-state index in [-0.39, 0.29) is 6.61 Å². The normalized spacial score (nSPS) is 10.2. The molecule has 0 aliphatic rings. The van der Waals surface area contributed by atoms with Gasteiger partial charge in [0.25, 0.3) is 0 Å². The van der Waals surface area contributed by atoms with E-state index in [2.05, 4.69) is 4.85 Å². The first-order valence-electron chi connectivity index (χ1n) is 5.81. The highest BCUT2D eigenvalue weighted by molar-refractivity contribution is 14.1. The van der Waals surface area contributed by atoms with Crippen LogP contribution in [-0.4, -0.2) is 12.6 Å². The molecule has 1 heterocycles. The largest absolute Gasteiger partial charge is 0.462 e. The monoisotopic (exact) mass is 451 g/mol. The molecule has 0 aliphatic carbocycles. The zero-order chi connectivity index (χ0) is 15.6. The molecule has 2 aromatic rings. The lowest BCUT2D eigenvalue weighted by atomic mass is 10.1. The third-order valence-corrected chi connectivity index (χ3v) is 5.28. The molecule has 0 saturated heterocycles. The number of hydrogen-bond donors (Lipinski definition) is 0. The molecule has 0 fully saturated rings. The maximum atomic E-state index is 12.1. The van der Waals surface area contributed by atoms with Crippen molar-refractivity contribution < 1.29 is 9.53 Å². The van der Waals surface area contributed by atoms with Crippen molar-refractivity contribution in [3.63, 3.8) is 0 Å². The molecule has 1 aromatic carbocycles. The van der Waals surface area contributed by atoms with Crippen molar-refractivity contribution >= 4 is 68.8 Å². The lowest BCUT2D eigenvalue weighted by Gasteiger charge is -2.07. The summed E-state index contributed by atoms with van der Waals surface area (Å²) in [5, 5.41) is 0.892. The molecule has 0 saturated carbocycles. The van der Waals surface area contributed by atoms with Crippen LogP contribution in [0.15, 0.2) is 18.2 Å². The van der Waals surface area contributed by atoms with Gasteiger partial charge in [-0.05, 0) is 47.2 Å². The molecule has 3 nitrogen and oxygen atoms in total. The molecule has 108 valence electrons. The Morgan fingerprint density at radius 1 is 1.48 bits per heavy atom. The zero-order valence-corrected chi connectivity index (χ0v) is 15.2. The van der Waals surface area contributed by atoms with Gasteiger partial charge in [-0.25, -0.2) is 9.64 Å². The molecular formula is C14H8Cl2INO2S. The SMILES string of the molecule is [C-]#[N+]c1c(I)sc(C(=O)OCC)c1-c1ccc(Cl)cc1Cl. The van der Waals surface area contributed by atoms with Crippen LogP contribution in [0.4, 0.5) is 5.69 Å². The predicted molar refractivity (Wildman–Crippen MR) is 94.7 cm³/mol. The zero-order valence-electron chi connectivity index (χ0n) is 10.7. The summed E-state index contributed by atoms with van der Waals surface area (Å²) in [5.41, 5.74) is 1.53. The number of thiophene rings is 1. The van der Waals surface area contributed by atoms with Crippen LogP contribution in [0.1, 0.15) is 16.6 Å². The standard InChI is InChI=1S/C14H8Cl2INO2S/c1-3-20-14(19)12-10(11(18-2)13(17)21-12)8-5-4-7(15)6-9(8)16/h4-6H,3H2,1H3. The number of rotatable bonds is 3. The van der Waals surface area contributed by atoms with E-state index in [9.17, 15) is 4.79 Å². The highest BCUT2D eigenvalue weighted by Gasteiger charge is 2.25. The van der Waals surface area contributed by atoms with Gasteiger partial charge in [0.05, 0.1) is 16.1 Å². The minimum Gasteiger partial charge on any atom is -0.462 e. The highest BCUT2D eigenvalue weighted by Crippen LogP contribution is 2.46. The summed E-state index contributed by atoms with van der Waals surface area (Å²) in [6.07, 6.45) is 0. The number of carbonyl (C=O) groups is 1. The lowest BCUT2D eigenvalue weighted by Crippen LogP contribution is -2.03. The minimum absolute atomic E-state index is 0.272. The molecule has 0 unspecified atom stereocenters. The molecule has 0 spiro atoms. The Kier molecular flexibility index (Phi) is 5.49. The number of hydrogen-bond acceptors (Lipinski definition) is 3. The Hall–Kier alpha value is -0.810. The molecule has 0 aliphatic heterocycles. The Labute approximate surface area is 149 Å². The van der Waals surface area contributed by atoms with E-state index in [1.54, 1.807) is 25.1 Å². The van der Waals surface area contributed by atoms with Gasteiger partial charge in [0.2, 0.25) is 5.69 Å². The van der Waals surface area contributed by atoms with Crippen LogP contribution in [0.2, 0.25) is 10.0 Å². The van der Waals surface area contributed by atoms with E-state index in [1.165, 1.54) is 11.3 Å². The van der Waals surface area contributed by atoms with Crippen LogP contribution >= 0.6 is 57.1 Å². The van der Waals surface area contributed by atoms with Crippen LogP contribution in [0.3, 0.4) is 0 Å². The van der Waals surface area contributed by atoms with Crippen molar-refractivity contribution in [2.24, 2.45) is 0 Å². The van der Waals surface area contributed by atoms with E-state index < -0.39 is 5.97 Å². The van der Waals surface area contributed by atoms with Gasteiger partial charge in [0.15, 0.2) is 0 Å². The number of nitrogens with zero attached hydrogens (tertiary/aromatic N) is 1. The first-order valence-corrected chi connectivity index (χ1v) is 8.47. The van der Waals surface area contributed by atoms with Gasteiger partial charge >= 0.3 is 5.97 Å². The van der Waals surface area contributed by atoms with Crippen molar-refractivity contribution in [2.75, 3.05) is 6.61 Å². The number of carbonyl (C=O) groups excluding carboxylic acids is 1. The molecule has 21 heavy (non-hydrogen) atoms. The number of benzene rings is 1. The smallest absolute Gasteiger partial charge is 0.347 e. The van der Waals surface area contributed by atoms with Gasteiger partial charge in [-0.2, -0.15) is 0 Å². The maximum Gasteiger partial charge on any atom is 0.347 e. The third-order valence-electron chi connectivity index (χ3n) is 2.61. The molecule has 0 amide bonds. The summed E-state index contributed by atoms with van der Waals surface area (Å²) in [5.74, 6) is -0.448. The molecule has 0 bridgehead atoms. The summed E-state index contributed by atoms with van der Waals surface area (Å²) in [6, 6.07) is 4.97. The van der Waals surface area contributed by atoms with Crippen molar-refractivity contribution in [1.82, 2.24) is 0 Å². The van der Waals surface area contributed by atoms with E-state index in [0.29, 0.717) is 31.7 Å². The predicted octanol–water partition coefficient (Wildman–Crippen LogP) is 6.05. The van der Waals surface area contributed by atoms with Crippen LogP contribution in [0, 0.1) is 9.46 Å². The summed E-state index contributed by atoms with van der Waals surface area (Å²) < 4.78 is 5.79. The average Bonchev–Trinajstić information content (AvgIpc) is 2.76. The lowest BCUT2D eigenvalue weighted by molar-refractivity contribution is 0.0533. The molecule has 1 aromatic heterocycles. The first kappa shape index (κ1) is 16.6. The quantitative estimate of drug-likeness (QED) is 0.323. The van der Waals surface area contributed by atoms with Crippen molar-refractivity contribution in [3.8, 4) is 11.1 Å². The fraction of sp³-hybridized carbons (Fsp3) is 0.143. The second kappa shape index (κ2) is 6.97. The number of esters is 1. The van der Waals surface area contributed by atoms with Gasteiger partial charge in [-0.1, -0.05) is 29.3 Å². The van der Waals surface area contributed by atoms with Crippen LogP contribution in [-0.2, 0) is 4.74 Å². The highest BCUT2D eigenvalue weighted by atomic mass is 127. The van der Waals surface area contributed by atoms with E-state index in [4.69, 9.17) is 34.5 Å². The van der Waals surface area contributed by atoms with E-state index in [1.807, 2.05) is 22.6 Å². The van der Waals surface area contributed by atoms with Gasteiger partial charge < -0.3 is 4.74 Å². The maximum absolute atomic E-state index is 12.1. The van der Waals surface area contributed by atoms with Gasteiger partial charge in [-0.15, -0.1) is 11.3 Å². The van der Waals surface area contributed by atoms with Crippen molar-refractivity contribution in [3.05, 3.63) is 47.4 Å². The Bertz CT molecular complexity index is 752. The van der Waals surface area contributed by atoms with Crippen LogP contribution in [0.25, 0.3) is 16.0 Å². The van der Waals surface area contributed by atoms with Gasteiger partial charge in [0.1, 0.15) is 4.88 Å². The number of halogens is 3. The van der Waals surface area contributed by atoms with Gasteiger partial charge in [-0.3, -0.25) is 0 Å². The average molecular weight is 452 g/mol. The van der Waals surface area contributed by atoms with Crippen molar-refractivity contribution in [1.29, 1.82) is 0 Å². The molecule has 2 rings (SSSR count). The topological polar surface area (TPSA) is 30.7 Å². The summed E-state index contributed by atoms with van der Waals surface area (Å²) >= 11 is 15.4. The van der Waals surface area contributed by atoms with E-state index in [0.717, 1.165) is 2.88 Å². The Balaban J connectivity index is 2.71. The fourth-order valence-electron chi connectivity index (χ4n) is 1.78. The summed E-state index contributed by atoms with van der Waals surface area (Å²) in [4.78, 5) is 16.0. The second-order valence-electron chi connectivity index (χ2n) is 3.88. The minimum atomic E-state index is -0.448. The van der Waals surface area contributed by atoms with Crippen LogP contribution in [0.5, 0.6) is 0 Å². The molecule has 0 radical (unpaired) electrons. The molecule has 0 N–H and O–H groups in total. The molecule has 7 heteroatoms. The summed E-state index contributed by atoms with van der Waals surface area (Å²) in [7, 11) is 0. The summed E-state index contributed by atoms with van der Waals surface area (Å²) in [6.45, 7) is 9.36. The van der Waals surface area contributed by atoms with E-state index >= 15 is 0 Å². The Morgan fingerprint density at radius 2 is 2.19 bits per heavy atom. The number of ether oxygens (including phenoxy) is 1. The Morgan fingerprint density at radius 3 is 2.76 bits per heavy atom. The van der Waals surface area contributed by atoms with Crippen LogP contribution < -0.4 is 0 Å².